The van der Waals surface area contributed by atoms with E-state index >= 15 is 0 Å². The van der Waals surface area contributed by atoms with Gasteiger partial charge in [-0.3, -0.25) is 0 Å². The van der Waals surface area contributed by atoms with Crippen LogP contribution in [0.4, 0.5) is 17.5 Å². The zero-order valence-electron chi connectivity index (χ0n) is 15.4. The van der Waals surface area contributed by atoms with Crippen LogP contribution < -0.4 is 15.4 Å². The van der Waals surface area contributed by atoms with Crippen LogP contribution in [0.3, 0.4) is 0 Å². The van der Waals surface area contributed by atoms with E-state index in [0.29, 0.717) is 5.95 Å². The summed E-state index contributed by atoms with van der Waals surface area (Å²) in [4.78, 5) is 8.83. The Hall–Kier alpha value is -3.08. The van der Waals surface area contributed by atoms with Crippen LogP contribution in [0.1, 0.15) is 16.7 Å². The quantitative estimate of drug-likeness (QED) is 0.658. The number of hydrogen-bond donors (Lipinski definition) is 2. The second-order valence-corrected chi connectivity index (χ2v) is 6.23. The average Bonchev–Trinajstić information content (AvgIpc) is 2.65. The van der Waals surface area contributed by atoms with E-state index in [1.807, 2.05) is 18.2 Å². The summed E-state index contributed by atoms with van der Waals surface area (Å²) in [5, 5.41) is 6.63. The molecule has 0 aliphatic heterocycles. The first-order valence-corrected chi connectivity index (χ1v) is 8.68. The van der Waals surface area contributed by atoms with Crippen molar-refractivity contribution in [2.45, 2.75) is 20.3 Å². The summed E-state index contributed by atoms with van der Waals surface area (Å²) in [7, 11) is 1.67. The highest BCUT2D eigenvalue weighted by Crippen LogP contribution is 2.20. The second kappa shape index (κ2) is 8.34. The zero-order chi connectivity index (χ0) is 18.4. The van der Waals surface area contributed by atoms with E-state index in [1.54, 1.807) is 13.3 Å². The number of nitrogens with zero attached hydrogens (tertiary/aromatic N) is 2. The molecule has 3 aromatic rings. The van der Waals surface area contributed by atoms with Gasteiger partial charge in [0.15, 0.2) is 0 Å². The topological polar surface area (TPSA) is 59.1 Å². The van der Waals surface area contributed by atoms with E-state index < -0.39 is 0 Å². The van der Waals surface area contributed by atoms with Gasteiger partial charge < -0.3 is 15.4 Å². The number of ether oxygens (including phenoxy) is 1. The van der Waals surface area contributed by atoms with Gasteiger partial charge in [-0.15, -0.1) is 0 Å². The van der Waals surface area contributed by atoms with Crippen LogP contribution >= 0.6 is 0 Å². The summed E-state index contributed by atoms with van der Waals surface area (Å²) in [6.07, 6.45) is 2.65. The molecule has 1 aromatic heterocycles. The number of hydrogen-bond acceptors (Lipinski definition) is 5. The fourth-order valence-corrected chi connectivity index (χ4v) is 2.72. The van der Waals surface area contributed by atoms with Gasteiger partial charge in [0.05, 0.1) is 7.11 Å². The fraction of sp³-hybridized carbons (Fsp3) is 0.238. The molecule has 0 unspecified atom stereocenters. The Morgan fingerprint density at radius 3 is 2.54 bits per heavy atom. The highest BCUT2D eigenvalue weighted by atomic mass is 16.5. The highest BCUT2D eigenvalue weighted by Gasteiger charge is 2.03. The van der Waals surface area contributed by atoms with Crippen LogP contribution in [0.15, 0.2) is 54.7 Å². The lowest BCUT2D eigenvalue weighted by molar-refractivity contribution is 0.414. The number of benzene rings is 2. The van der Waals surface area contributed by atoms with Crippen molar-refractivity contribution in [1.29, 1.82) is 0 Å². The standard InChI is InChI=1S/C21H24N4O/c1-15-4-9-19(16(2)14-15)24-20-11-13-23-21(25-20)22-12-10-17-5-7-18(26-3)8-6-17/h4-9,11,13-14H,10,12H2,1-3H3,(H2,22,23,24,25). The van der Waals surface area contributed by atoms with E-state index in [-0.39, 0.29) is 0 Å². The predicted molar refractivity (Wildman–Crippen MR) is 106 cm³/mol. The van der Waals surface area contributed by atoms with Crippen molar-refractivity contribution >= 4 is 17.5 Å². The zero-order valence-corrected chi connectivity index (χ0v) is 15.4. The highest BCUT2D eigenvalue weighted by molar-refractivity contribution is 5.61. The largest absolute Gasteiger partial charge is 0.497 e. The van der Waals surface area contributed by atoms with Gasteiger partial charge in [0, 0.05) is 18.4 Å². The van der Waals surface area contributed by atoms with Gasteiger partial charge in [-0.1, -0.05) is 29.8 Å². The molecule has 134 valence electrons. The molecule has 0 radical (unpaired) electrons. The van der Waals surface area contributed by atoms with E-state index in [1.165, 1.54) is 16.7 Å². The van der Waals surface area contributed by atoms with Crippen molar-refractivity contribution < 1.29 is 4.74 Å². The molecule has 5 nitrogen and oxygen atoms in total. The molecule has 0 saturated heterocycles. The van der Waals surface area contributed by atoms with Crippen molar-refractivity contribution in [3.8, 4) is 5.75 Å². The molecule has 5 heteroatoms. The maximum Gasteiger partial charge on any atom is 0.224 e. The molecule has 3 rings (SSSR count). The third-order valence-electron chi connectivity index (χ3n) is 4.16. The van der Waals surface area contributed by atoms with Crippen LogP contribution in [-0.4, -0.2) is 23.6 Å². The number of methoxy groups -OCH3 is 1. The molecule has 0 spiro atoms. The minimum atomic E-state index is 0.619. The number of nitrogens with one attached hydrogen (secondary N) is 2. The van der Waals surface area contributed by atoms with Gasteiger partial charge in [-0.05, 0) is 55.7 Å². The second-order valence-electron chi connectivity index (χ2n) is 6.23. The maximum atomic E-state index is 5.18. The van der Waals surface area contributed by atoms with E-state index in [2.05, 4.69) is 64.8 Å². The summed E-state index contributed by atoms with van der Waals surface area (Å²) in [6, 6.07) is 16.3. The molecule has 2 aromatic carbocycles. The van der Waals surface area contributed by atoms with Gasteiger partial charge in [-0.2, -0.15) is 4.98 Å². The van der Waals surface area contributed by atoms with Crippen LogP contribution in [0.2, 0.25) is 0 Å². The van der Waals surface area contributed by atoms with Gasteiger partial charge in [-0.25, -0.2) is 4.98 Å². The fourth-order valence-electron chi connectivity index (χ4n) is 2.72. The minimum absolute atomic E-state index is 0.619. The lowest BCUT2D eigenvalue weighted by Gasteiger charge is -2.11. The summed E-state index contributed by atoms with van der Waals surface area (Å²) in [5.74, 6) is 2.27. The van der Waals surface area contributed by atoms with E-state index in [4.69, 9.17) is 4.74 Å². The van der Waals surface area contributed by atoms with Crippen LogP contribution in [0.25, 0.3) is 0 Å². The van der Waals surface area contributed by atoms with Gasteiger partial charge >= 0.3 is 0 Å². The molecule has 0 fully saturated rings. The monoisotopic (exact) mass is 348 g/mol. The smallest absolute Gasteiger partial charge is 0.224 e. The Labute approximate surface area is 154 Å². The molecule has 26 heavy (non-hydrogen) atoms. The SMILES string of the molecule is COc1ccc(CCNc2nccc(Nc3ccc(C)cc3C)n2)cc1. The third-order valence-corrected chi connectivity index (χ3v) is 4.16. The first-order valence-electron chi connectivity index (χ1n) is 8.68. The van der Waals surface area contributed by atoms with Crippen LogP contribution in [0.5, 0.6) is 5.75 Å². The first-order chi connectivity index (χ1) is 12.6. The van der Waals surface area contributed by atoms with Gasteiger partial charge in [0.2, 0.25) is 5.95 Å². The molecule has 0 aliphatic carbocycles. The van der Waals surface area contributed by atoms with Crippen LogP contribution in [-0.2, 0) is 6.42 Å². The normalized spacial score (nSPS) is 10.4. The first kappa shape index (κ1) is 17.7. The molecular formula is C21H24N4O. The Bertz CT molecular complexity index is 862. The Morgan fingerprint density at radius 1 is 1.00 bits per heavy atom. The minimum Gasteiger partial charge on any atom is -0.497 e. The third kappa shape index (κ3) is 4.72. The van der Waals surface area contributed by atoms with E-state index in [9.17, 15) is 0 Å². The van der Waals surface area contributed by atoms with Crippen molar-refractivity contribution in [2.75, 3.05) is 24.3 Å². The van der Waals surface area contributed by atoms with Gasteiger partial charge in [0.25, 0.3) is 0 Å². The lowest BCUT2D eigenvalue weighted by atomic mass is 10.1. The number of rotatable bonds is 7. The number of aryl methyl sites for hydroxylation is 2. The summed E-state index contributed by atoms with van der Waals surface area (Å²) >= 11 is 0. The summed E-state index contributed by atoms with van der Waals surface area (Å²) < 4.78 is 5.18. The Kier molecular flexibility index (Phi) is 5.69. The lowest BCUT2D eigenvalue weighted by Crippen LogP contribution is -2.08. The van der Waals surface area contributed by atoms with Crippen molar-refractivity contribution in [3.05, 3.63) is 71.4 Å². The van der Waals surface area contributed by atoms with Crippen LogP contribution in [0, 0.1) is 13.8 Å². The molecule has 0 bridgehead atoms. The molecule has 2 N–H and O–H groups in total. The molecule has 0 amide bonds. The number of anilines is 3. The van der Waals surface area contributed by atoms with E-state index in [0.717, 1.165) is 30.2 Å². The Balaban J connectivity index is 1.58. The molecule has 0 saturated carbocycles. The van der Waals surface area contributed by atoms with Crippen molar-refractivity contribution in [2.24, 2.45) is 0 Å². The summed E-state index contributed by atoms with van der Waals surface area (Å²) in [5.41, 5.74) is 4.73. The van der Waals surface area contributed by atoms with Crippen molar-refractivity contribution in [3.63, 3.8) is 0 Å². The summed E-state index contributed by atoms with van der Waals surface area (Å²) in [6.45, 7) is 4.94. The van der Waals surface area contributed by atoms with Gasteiger partial charge in [0.1, 0.15) is 11.6 Å². The molecular weight excluding hydrogens is 324 g/mol. The molecule has 1 heterocycles. The maximum absolute atomic E-state index is 5.18. The van der Waals surface area contributed by atoms with Crippen molar-refractivity contribution in [1.82, 2.24) is 9.97 Å². The number of aromatic nitrogens is 2. The molecule has 0 atom stereocenters. The Morgan fingerprint density at radius 2 is 1.81 bits per heavy atom. The average molecular weight is 348 g/mol. The molecule has 0 aliphatic rings. The predicted octanol–water partition coefficient (Wildman–Crippen LogP) is 4.50.